The number of quaternary nitrogens is 1. The summed E-state index contributed by atoms with van der Waals surface area (Å²) in [6.07, 6.45) is 2.38. The molecule has 20 heavy (non-hydrogen) atoms. The van der Waals surface area contributed by atoms with Crippen molar-refractivity contribution in [3.63, 3.8) is 0 Å². The van der Waals surface area contributed by atoms with Gasteiger partial charge in [-0.15, -0.1) is 17.2 Å². The van der Waals surface area contributed by atoms with Gasteiger partial charge in [-0.1, -0.05) is 25.7 Å². The summed E-state index contributed by atoms with van der Waals surface area (Å²) in [6.45, 7) is 10.9. The maximum atomic E-state index is 5.43. The van der Waals surface area contributed by atoms with Crippen molar-refractivity contribution < 1.29 is 14.0 Å². The van der Waals surface area contributed by atoms with E-state index in [0.29, 0.717) is 0 Å². The van der Waals surface area contributed by atoms with E-state index in [4.69, 9.17) is 9.47 Å². The van der Waals surface area contributed by atoms with Crippen LogP contribution in [0.15, 0.2) is 12.1 Å². The number of hydrogen-bond acceptors (Lipinski definition) is 2. The lowest BCUT2D eigenvalue weighted by atomic mass is 9.98. The van der Waals surface area contributed by atoms with Crippen LogP contribution in [-0.2, 0) is 6.42 Å². The van der Waals surface area contributed by atoms with E-state index in [9.17, 15) is 0 Å². The normalized spacial score (nSPS) is 21.9. The summed E-state index contributed by atoms with van der Waals surface area (Å²) in [6, 6.07) is 4.25. The first kappa shape index (κ1) is 15.3. The smallest absolute Gasteiger partial charge is 0.136 e. The van der Waals surface area contributed by atoms with Crippen LogP contribution in [0.2, 0.25) is 19.6 Å². The standard InChI is InChI=1S/C16H27NO2Si/c1-17(12-20(4,5)6)8-7-13-9-15(18-2)16(19-3)10-14(13)11-17/h9-11H,7-8,12H2,1-6H3. The molecule has 112 valence electrons. The van der Waals surface area contributed by atoms with Crippen LogP contribution in [-0.4, -0.2) is 46.5 Å². The first-order valence-electron chi connectivity index (χ1n) is 7.21. The van der Waals surface area contributed by atoms with Gasteiger partial charge in [0.15, 0.2) is 0 Å². The summed E-state index contributed by atoms with van der Waals surface area (Å²) >= 11 is 0. The van der Waals surface area contributed by atoms with Crippen molar-refractivity contribution in [1.29, 1.82) is 0 Å². The Morgan fingerprint density at radius 2 is 1.75 bits per heavy atom. The number of hydrogen-bond donors (Lipinski definition) is 0. The fraction of sp³-hybridized carbons (Fsp3) is 0.562. The van der Waals surface area contributed by atoms with Crippen LogP contribution in [0, 0.1) is 6.54 Å². The first-order chi connectivity index (χ1) is 9.26. The molecule has 0 saturated carbocycles. The van der Waals surface area contributed by atoms with Gasteiger partial charge in [-0.05, 0) is 13.0 Å². The molecule has 0 aliphatic carbocycles. The summed E-state index contributed by atoms with van der Waals surface area (Å²) in [7, 11) is 4.65. The molecule has 0 saturated heterocycles. The van der Waals surface area contributed by atoms with Gasteiger partial charge in [-0.25, -0.2) is 0 Å². The quantitative estimate of drug-likeness (QED) is 0.482. The van der Waals surface area contributed by atoms with E-state index in [1.807, 2.05) is 0 Å². The van der Waals surface area contributed by atoms with Crippen LogP contribution in [0.25, 0.3) is 0 Å². The molecular weight excluding hydrogens is 266 g/mol. The van der Waals surface area contributed by atoms with Gasteiger partial charge in [-0.2, -0.15) is 0 Å². The highest BCUT2D eigenvalue weighted by molar-refractivity contribution is 6.76. The van der Waals surface area contributed by atoms with E-state index in [2.05, 4.69) is 45.4 Å². The molecule has 0 aromatic heterocycles. The SMILES string of the molecule is COc1cc2c(cc1OC)CC[N+](C)(C[Si](C)(C)C)[CH-]2. The lowest BCUT2D eigenvalue weighted by Gasteiger charge is -2.46. The van der Waals surface area contributed by atoms with Gasteiger partial charge in [0, 0.05) is 0 Å². The molecular formula is C16H27NO2Si. The molecule has 2 rings (SSSR count). The summed E-state index contributed by atoms with van der Waals surface area (Å²) in [5.74, 6) is 1.66. The van der Waals surface area contributed by atoms with E-state index in [0.717, 1.165) is 22.4 Å². The van der Waals surface area contributed by atoms with Crippen LogP contribution >= 0.6 is 0 Å². The number of rotatable bonds is 4. The molecule has 1 heterocycles. The molecule has 1 aromatic carbocycles. The van der Waals surface area contributed by atoms with E-state index in [-0.39, 0.29) is 0 Å². The van der Waals surface area contributed by atoms with Gasteiger partial charge in [0.25, 0.3) is 0 Å². The average molecular weight is 293 g/mol. The lowest BCUT2D eigenvalue weighted by Crippen LogP contribution is -2.54. The second kappa shape index (κ2) is 5.33. The highest BCUT2D eigenvalue weighted by Crippen LogP contribution is 2.35. The molecule has 0 spiro atoms. The van der Waals surface area contributed by atoms with Crippen molar-refractivity contribution >= 4 is 8.07 Å². The predicted octanol–water partition coefficient (Wildman–Crippen LogP) is 3.09. The lowest BCUT2D eigenvalue weighted by molar-refractivity contribution is -0.869. The van der Waals surface area contributed by atoms with Crippen molar-refractivity contribution in [3.8, 4) is 11.5 Å². The molecule has 0 bridgehead atoms. The van der Waals surface area contributed by atoms with E-state index in [1.165, 1.54) is 23.8 Å². The molecule has 0 radical (unpaired) electrons. The van der Waals surface area contributed by atoms with E-state index in [1.54, 1.807) is 14.2 Å². The number of methoxy groups -OCH3 is 2. The summed E-state index contributed by atoms with van der Waals surface area (Å²) < 4.78 is 11.9. The number of ether oxygens (including phenoxy) is 2. The van der Waals surface area contributed by atoms with Crippen molar-refractivity contribution in [2.45, 2.75) is 26.1 Å². The number of nitrogens with zero attached hydrogens (tertiary/aromatic N) is 1. The van der Waals surface area contributed by atoms with Crippen LogP contribution < -0.4 is 9.47 Å². The Kier molecular flexibility index (Phi) is 4.07. The molecule has 3 nitrogen and oxygen atoms in total. The van der Waals surface area contributed by atoms with Gasteiger partial charge in [0.2, 0.25) is 0 Å². The molecule has 1 aliphatic heterocycles. The molecule has 1 aliphatic rings. The van der Waals surface area contributed by atoms with Crippen molar-refractivity contribution in [2.75, 3.05) is 34.0 Å². The fourth-order valence-electron chi connectivity index (χ4n) is 3.26. The first-order valence-corrected chi connectivity index (χ1v) is 10.9. The topological polar surface area (TPSA) is 18.5 Å². The second-order valence-electron chi connectivity index (χ2n) is 7.21. The molecule has 4 heteroatoms. The number of likely N-dealkylation sites (N-methyl/N-ethyl adjacent to an activating group) is 1. The Hall–Kier alpha value is -1.13. The molecule has 0 N–H and O–H groups in total. The Morgan fingerprint density at radius 1 is 1.15 bits per heavy atom. The minimum atomic E-state index is -1.09. The molecule has 0 amide bonds. The maximum absolute atomic E-state index is 5.43. The van der Waals surface area contributed by atoms with E-state index < -0.39 is 8.07 Å². The predicted molar refractivity (Wildman–Crippen MR) is 85.9 cm³/mol. The van der Waals surface area contributed by atoms with Crippen LogP contribution in [0.5, 0.6) is 11.5 Å². The van der Waals surface area contributed by atoms with Crippen molar-refractivity contribution in [2.24, 2.45) is 0 Å². The van der Waals surface area contributed by atoms with E-state index >= 15 is 0 Å². The highest BCUT2D eigenvalue weighted by Gasteiger charge is 2.30. The monoisotopic (exact) mass is 293 g/mol. The van der Waals surface area contributed by atoms with Crippen LogP contribution in [0.3, 0.4) is 0 Å². The number of benzene rings is 1. The largest absolute Gasteiger partial charge is 0.506 e. The van der Waals surface area contributed by atoms with Gasteiger partial charge in [-0.3, -0.25) is 0 Å². The van der Waals surface area contributed by atoms with Gasteiger partial charge in [0.1, 0.15) is 19.6 Å². The summed E-state index contributed by atoms with van der Waals surface area (Å²) in [5, 5.41) is 0. The van der Waals surface area contributed by atoms with Crippen LogP contribution in [0.4, 0.5) is 0 Å². The molecule has 1 aromatic rings. The minimum absolute atomic E-state index is 0.823. The third-order valence-corrected chi connectivity index (χ3v) is 5.49. The van der Waals surface area contributed by atoms with Crippen molar-refractivity contribution in [3.05, 3.63) is 29.8 Å². The van der Waals surface area contributed by atoms with Gasteiger partial charge in [0.05, 0.1) is 34.0 Å². The molecule has 0 fully saturated rings. The Bertz CT molecular complexity index is 496. The Balaban J connectivity index is 2.30. The summed E-state index contributed by atoms with van der Waals surface area (Å²) in [5.41, 5.74) is 2.67. The maximum Gasteiger partial charge on any atom is 0.136 e. The zero-order valence-electron chi connectivity index (χ0n) is 13.6. The van der Waals surface area contributed by atoms with Crippen LogP contribution in [0.1, 0.15) is 11.1 Å². The Labute approximate surface area is 124 Å². The zero-order valence-corrected chi connectivity index (χ0v) is 14.6. The fourth-order valence-corrected chi connectivity index (χ4v) is 5.67. The third kappa shape index (κ3) is 3.30. The van der Waals surface area contributed by atoms with Gasteiger partial charge >= 0.3 is 0 Å². The molecule has 1 atom stereocenters. The van der Waals surface area contributed by atoms with Crippen molar-refractivity contribution in [1.82, 2.24) is 0 Å². The third-order valence-electron chi connectivity index (χ3n) is 3.82. The summed E-state index contributed by atoms with van der Waals surface area (Å²) in [4.78, 5) is 0. The zero-order chi connectivity index (χ0) is 15.0. The minimum Gasteiger partial charge on any atom is -0.506 e. The van der Waals surface area contributed by atoms with Gasteiger partial charge < -0.3 is 14.0 Å². The Morgan fingerprint density at radius 3 is 2.30 bits per heavy atom. The second-order valence-corrected chi connectivity index (χ2v) is 12.6. The average Bonchev–Trinajstić information content (AvgIpc) is 2.34. The number of fused-ring (bicyclic) bond motifs is 1. The molecule has 1 unspecified atom stereocenters. The highest BCUT2D eigenvalue weighted by atomic mass is 28.3.